The summed E-state index contributed by atoms with van der Waals surface area (Å²) in [5, 5.41) is 13.7. The molecule has 0 atom stereocenters. The molecule has 0 fully saturated rings. The minimum Gasteiger partial charge on any atom is -0.493 e. The van der Waals surface area contributed by atoms with E-state index in [1.807, 2.05) is 52.5 Å². The van der Waals surface area contributed by atoms with Crippen molar-refractivity contribution in [3.63, 3.8) is 0 Å². The van der Waals surface area contributed by atoms with Crippen molar-refractivity contribution in [1.29, 1.82) is 5.26 Å². The monoisotopic (exact) mass is 404 g/mol. The van der Waals surface area contributed by atoms with E-state index in [4.69, 9.17) is 14.7 Å². The van der Waals surface area contributed by atoms with Crippen molar-refractivity contribution in [3.05, 3.63) is 65.8 Å². The van der Waals surface area contributed by atoms with Crippen molar-refractivity contribution >= 4 is 27.9 Å². The second-order valence-electron chi connectivity index (χ2n) is 6.11. The summed E-state index contributed by atoms with van der Waals surface area (Å²) in [6.07, 6.45) is 3.94. The molecule has 0 saturated heterocycles. The Morgan fingerprint density at radius 1 is 1.24 bits per heavy atom. The van der Waals surface area contributed by atoms with Crippen LogP contribution in [0, 0.1) is 11.3 Å². The van der Waals surface area contributed by atoms with Gasteiger partial charge in [-0.25, -0.2) is 4.98 Å². The van der Waals surface area contributed by atoms with Crippen molar-refractivity contribution in [2.45, 2.75) is 0 Å². The Bertz CT molecular complexity index is 1180. The van der Waals surface area contributed by atoms with Gasteiger partial charge in [0.1, 0.15) is 0 Å². The quantitative estimate of drug-likeness (QED) is 0.525. The van der Waals surface area contributed by atoms with Crippen LogP contribution in [0.25, 0.3) is 16.2 Å². The highest BCUT2D eigenvalue weighted by atomic mass is 32.1. The van der Waals surface area contributed by atoms with Crippen LogP contribution in [-0.2, 0) is 4.79 Å². The summed E-state index contributed by atoms with van der Waals surface area (Å²) in [6, 6.07) is 14.3. The molecule has 0 aliphatic heterocycles. The van der Waals surface area contributed by atoms with E-state index < -0.39 is 0 Å². The maximum absolute atomic E-state index is 12.2. The number of methoxy groups -OCH3 is 1. The lowest BCUT2D eigenvalue weighted by Gasteiger charge is -2.11. The van der Waals surface area contributed by atoms with Crippen LogP contribution in [-0.4, -0.2) is 29.0 Å². The first-order valence-corrected chi connectivity index (χ1v) is 9.57. The molecule has 144 valence electrons. The number of carbonyl (C=O) groups excluding carboxylic acids is 1. The third-order valence-corrected chi connectivity index (χ3v) is 4.98. The van der Waals surface area contributed by atoms with Gasteiger partial charge in [0, 0.05) is 35.1 Å². The number of aromatic nitrogens is 2. The Labute approximate surface area is 170 Å². The van der Waals surface area contributed by atoms with E-state index in [9.17, 15) is 4.79 Å². The number of nitrogens with zero attached hydrogens (tertiary/aromatic N) is 3. The van der Waals surface area contributed by atoms with Gasteiger partial charge in [-0.05, 0) is 24.3 Å². The predicted molar refractivity (Wildman–Crippen MR) is 110 cm³/mol. The fraction of sp³-hybridized carbons (Fsp3) is 0.0952. The van der Waals surface area contributed by atoms with Crippen LogP contribution in [0.15, 0.2) is 60.2 Å². The number of rotatable bonds is 6. The molecule has 29 heavy (non-hydrogen) atoms. The number of hydrogen-bond donors (Lipinski definition) is 1. The van der Waals surface area contributed by atoms with E-state index >= 15 is 0 Å². The number of benzene rings is 2. The van der Waals surface area contributed by atoms with Gasteiger partial charge in [-0.15, -0.1) is 11.3 Å². The van der Waals surface area contributed by atoms with Gasteiger partial charge in [0.15, 0.2) is 23.1 Å². The zero-order valence-electron chi connectivity index (χ0n) is 15.5. The van der Waals surface area contributed by atoms with Crippen LogP contribution < -0.4 is 14.8 Å². The molecule has 2 aromatic carbocycles. The van der Waals surface area contributed by atoms with Crippen LogP contribution in [0.1, 0.15) is 5.56 Å². The number of amides is 1. The van der Waals surface area contributed by atoms with Crippen molar-refractivity contribution in [2.24, 2.45) is 0 Å². The number of nitriles is 1. The number of fused-ring (bicyclic) bond motifs is 1. The molecule has 0 aliphatic rings. The average molecular weight is 404 g/mol. The lowest BCUT2D eigenvalue weighted by atomic mass is 10.1. The van der Waals surface area contributed by atoms with Crippen molar-refractivity contribution in [3.8, 4) is 28.8 Å². The first-order chi connectivity index (χ1) is 14.2. The Kier molecular flexibility index (Phi) is 5.14. The Morgan fingerprint density at radius 2 is 2.07 bits per heavy atom. The Morgan fingerprint density at radius 3 is 2.79 bits per heavy atom. The second kappa shape index (κ2) is 8.04. The molecule has 0 aliphatic carbocycles. The minimum absolute atomic E-state index is 0.179. The predicted octanol–water partition coefficient (Wildman–Crippen LogP) is 3.96. The molecule has 4 rings (SSSR count). The molecular formula is C21H16N4O3S. The van der Waals surface area contributed by atoms with Gasteiger partial charge in [-0.3, -0.25) is 9.20 Å². The minimum atomic E-state index is -0.299. The molecule has 2 heterocycles. The summed E-state index contributed by atoms with van der Waals surface area (Å²) in [4.78, 5) is 17.7. The van der Waals surface area contributed by atoms with Gasteiger partial charge in [0.2, 0.25) is 0 Å². The molecule has 0 unspecified atom stereocenters. The highest BCUT2D eigenvalue weighted by Crippen LogP contribution is 2.28. The lowest BCUT2D eigenvalue weighted by Crippen LogP contribution is -2.20. The molecule has 0 saturated carbocycles. The zero-order chi connectivity index (χ0) is 20.2. The van der Waals surface area contributed by atoms with Crippen LogP contribution >= 0.6 is 11.3 Å². The summed E-state index contributed by atoms with van der Waals surface area (Å²) in [5.74, 6) is 0.504. The van der Waals surface area contributed by atoms with Crippen molar-refractivity contribution < 1.29 is 14.3 Å². The summed E-state index contributed by atoms with van der Waals surface area (Å²) in [6.45, 7) is -0.179. The molecule has 8 heteroatoms. The SMILES string of the molecule is COc1cc(C#N)ccc1OCC(=O)Nc1ccc(-c2cn3ccsc3n2)cc1. The standard InChI is InChI=1S/C21H16N4O3S/c1-27-19-10-14(11-22)2-7-18(19)28-13-20(26)23-16-5-3-15(4-6-16)17-12-25-8-9-29-21(25)24-17/h2-10,12H,13H2,1H3,(H,23,26). The number of carbonyl (C=O) groups is 1. The largest absolute Gasteiger partial charge is 0.493 e. The van der Waals surface area contributed by atoms with Gasteiger partial charge in [0.25, 0.3) is 5.91 Å². The molecule has 7 nitrogen and oxygen atoms in total. The summed E-state index contributed by atoms with van der Waals surface area (Å²) in [7, 11) is 1.48. The highest BCUT2D eigenvalue weighted by molar-refractivity contribution is 7.15. The molecule has 2 aromatic heterocycles. The summed E-state index contributed by atoms with van der Waals surface area (Å²) in [5.41, 5.74) is 2.97. The number of anilines is 1. The smallest absolute Gasteiger partial charge is 0.262 e. The number of thiazole rings is 1. The topological polar surface area (TPSA) is 88.6 Å². The van der Waals surface area contributed by atoms with E-state index in [0.29, 0.717) is 22.7 Å². The van der Waals surface area contributed by atoms with Crippen LogP contribution in [0.3, 0.4) is 0 Å². The number of hydrogen-bond acceptors (Lipinski definition) is 6. The van der Waals surface area contributed by atoms with E-state index in [-0.39, 0.29) is 12.5 Å². The van der Waals surface area contributed by atoms with Crippen molar-refractivity contribution in [2.75, 3.05) is 19.0 Å². The Hall–Kier alpha value is -3.83. The van der Waals surface area contributed by atoms with Crippen LogP contribution in [0.2, 0.25) is 0 Å². The van der Waals surface area contributed by atoms with Gasteiger partial charge < -0.3 is 14.8 Å². The number of ether oxygens (including phenoxy) is 2. The molecule has 0 spiro atoms. The Balaban J connectivity index is 1.37. The number of nitrogens with one attached hydrogen (secondary N) is 1. The first kappa shape index (κ1) is 18.5. The van der Waals surface area contributed by atoms with Crippen LogP contribution in [0.5, 0.6) is 11.5 Å². The van der Waals surface area contributed by atoms with Crippen LogP contribution in [0.4, 0.5) is 5.69 Å². The third kappa shape index (κ3) is 4.05. The van der Waals surface area contributed by atoms with E-state index in [1.165, 1.54) is 7.11 Å². The van der Waals surface area contributed by atoms with E-state index in [1.54, 1.807) is 29.5 Å². The highest BCUT2D eigenvalue weighted by Gasteiger charge is 2.10. The van der Waals surface area contributed by atoms with E-state index in [2.05, 4.69) is 10.3 Å². The first-order valence-electron chi connectivity index (χ1n) is 8.69. The van der Waals surface area contributed by atoms with E-state index in [0.717, 1.165) is 16.2 Å². The summed E-state index contributed by atoms with van der Waals surface area (Å²) >= 11 is 1.58. The molecule has 1 amide bonds. The fourth-order valence-electron chi connectivity index (χ4n) is 2.79. The molecule has 1 N–H and O–H groups in total. The maximum Gasteiger partial charge on any atom is 0.262 e. The zero-order valence-corrected chi connectivity index (χ0v) is 16.3. The molecular weight excluding hydrogens is 388 g/mol. The molecule has 0 bridgehead atoms. The fourth-order valence-corrected chi connectivity index (χ4v) is 3.49. The third-order valence-electron chi connectivity index (χ3n) is 4.21. The van der Waals surface area contributed by atoms with Gasteiger partial charge in [-0.2, -0.15) is 5.26 Å². The molecule has 0 radical (unpaired) electrons. The molecule has 4 aromatic rings. The van der Waals surface area contributed by atoms with Gasteiger partial charge in [-0.1, -0.05) is 12.1 Å². The van der Waals surface area contributed by atoms with Gasteiger partial charge in [0.05, 0.1) is 24.4 Å². The lowest BCUT2D eigenvalue weighted by molar-refractivity contribution is -0.118. The van der Waals surface area contributed by atoms with Gasteiger partial charge >= 0.3 is 0 Å². The summed E-state index contributed by atoms with van der Waals surface area (Å²) < 4.78 is 12.7. The van der Waals surface area contributed by atoms with Crippen molar-refractivity contribution in [1.82, 2.24) is 9.38 Å². The second-order valence-corrected chi connectivity index (χ2v) is 6.98. The number of imidazole rings is 1. The average Bonchev–Trinajstić information content (AvgIpc) is 3.35. The maximum atomic E-state index is 12.2. The normalized spacial score (nSPS) is 10.5.